The summed E-state index contributed by atoms with van der Waals surface area (Å²) >= 11 is 0. The van der Waals surface area contributed by atoms with Crippen molar-refractivity contribution in [1.29, 1.82) is 0 Å². The van der Waals surface area contributed by atoms with Gasteiger partial charge in [-0.2, -0.15) is 4.94 Å². The van der Waals surface area contributed by atoms with E-state index in [4.69, 9.17) is 9.47 Å². The van der Waals surface area contributed by atoms with Gasteiger partial charge in [-0.25, -0.2) is 4.79 Å². The van der Waals surface area contributed by atoms with E-state index < -0.39 is 43.3 Å². The molecule has 0 bridgehead atoms. The third-order valence-electron chi connectivity index (χ3n) is 4.45. The summed E-state index contributed by atoms with van der Waals surface area (Å²) in [5.41, 5.74) is 1.14. The van der Waals surface area contributed by atoms with Crippen molar-refractivity contribution in [3.8, 4) is 16.9 Å². The van der Waals surface area contributed by atoms with Crippen molar-refractivity contribution in [3.63, 3.8) is 0 Å². The van der Waals surface area contributed by atoms with Crippen molar-refractivity contribution in [1.82, 2.24) is 0 Å². The summed E-state index contributed by atoms with van der Waals surface area (Å²) in [5.74, 6) is -0.852. The topological polar surface area (TPSA) is 126 Å². The van der Waals surface area contributed by atoms with Gasteiger partial charge in [-0.05, 0) is 28.3 Å². The number of ether oxygens (including phenoxy) is 2. The van der Waals surface area contributed by atoms with E-state index in [1.54, 1.807) is 36.4 Å². The van der Waals surface area contributed by atoms with Crippen LogP contribution in [0.5, 0.6) is 5.75 Å². The van der Waals surface area contributed by atoms with Crippen molar-refractivity contribution in [2.75, 3.05) is 6.61 Å². The first-order chi connectivity index (χ1) is 13.4. The Labute approximate surface area is 159 Å². The highest BCUT2D eigenvalue weighted by Crippen LogP contribution is 2.33. The molecule has 0 spiro atoms. The largest absolute Gasteiger partial charge is 0.478 e. The minimum Gasteiger partial charge on any atom is -0.478 e. The Morgan fingerprint density at radius 1 is 1.04 bits per heavy atom. The average Bonchev–Trinajstić information content (AvgIpc) is 2.70. The number of carboxylic acids is 1. The molecular formula is C19H19FO8. The van der Waals surface area contributed by atoms with E-state index >= 15 is 0 Å². The van der Waals surface area contributed by atoms with Crippen LogP contribution in [-0.2, 0) is 9.68 Å². The molecule has 150 valence electrons. The van der Waals surface area contributed by atoms with E-state index in [2.05, 4.69) is 4.94 Å². The highest BCUT2D eigenvalue weighted by Gasteiger charge is 2.45. The maximum Gasteiger partial charge on any atom is 0.335 e. The molecule has 5 atom stereocenters. The number of aromatic carboxylic acids is 1. The van der Waals surface area contributed by atoms with E-state index in [-0.39, 0.29) is 11.3 Å². The fraction of sp³-hybridized carbons (Fsp3) is 0.316. The second-order valence-corrected chi connectivity index (χ2v) is 6.29. The summed E-state index contributed by atoms with van der Waals surface area (Å²) in [4.78, 5) is 14.7. The van der Waals surface area contributed by atoms with Gasteiger partial charge in [0.25, 0.3) is 0 Å². The molecule has 4 N–H and O–H groups in total. The molecule has 1 fully saturated rings. The fourth-order valence-electron chi connectivity index (χ4n) is 2.97. The molecule has 1 aliphatic rings. The molecule has 1 aliphatic heterocycles. The summed E-state index contributed by atoms with van der Waals surface area (Å²) in [6, 6.07) is 12.8. The Hall–Kier alpha value is -2.56. The number of carbonyl (C=O) groups is 1. The van der Waals surface area contributed by atoms with Gasteiger partial charge in [0, 0.05) is 5.56 Å². The number of carboxylic acid groups (broad SMARTS) is 1. The Morgan fingerprint density at radius 2 is 1.79 bits per heavy atom. The monoisotopic (exact) mass is 394 g/mol. The van der Waals surface area contributed by atoms with Gasteiger partial charge < -0.3 is 29.9 Å². The van der Waals surface area contributed by atoms with Crippen LogP contribution < -0.4 is 4.74 Å². The maximum absolute atomic E-state index is 12.2. The molecule has 8 nitrogen and oxygen atoms in total. The van der Waals surface area contributed by atoms with Crippen LogP contribution in [0.25, 0.3) is 11.1 Å². The van der Waals surface area contributed by atoms with E-state index in [1.807, 2.05) is 0 Å². The summed E-state index contributed by atoms with van der Waals surface area (Å²) < 4.78 is 23.2. The predicted octanol–water partition coefficient (Wildman–Crippen LogP) is 1.14. The van der Waals surface area contributed by atoms with Crippen LogP contribution in [0.15, 0.2) is 48.5 Å². The molecule has 1 heterocycles. The normalized spacial score (nSPS) is 27.4. The van der Waals surface area contributed by atoms with E-state index in [0.717, 1.165) is 0 Å². The van der Waals surface area contributed by atoms with Crippen LogP contribution >= 0.6 is 0 Å². The molecule has 9 heteroatoms. The van der Waals surface area contributed by atoms with E-state index in [0.29, 0.717) is 11.1 Å². The Morgan fingerprint density at radius 3 is 2.50 bits per heavy atom. The third kappa shape index (κ3) is 4.13. The minimum atomic E-state index is -1.64. The fourth-order valence-corrected chi connectivity index (χ4v) is 2.97. The Kier molecular flexibility index (Phi) is 6.22. The third-order valence-corrected chi connectivity index (χ3v) is 4.45. The van der Waals surface area contributed by atoms with Crippen LogP contribution in [0.4, 0.5) is 4.53 Å². The van der Waals surface area contributed by atoms with Crippen LogP contribution in [0, 0.1) is 0 Å². The number of hydrogen-bond acceptors (Lipinski definition) is 7. The SMILES string of the molecule is O=C(O)c1cccc(-c2ccccc2O[C@H]2O[C@H](COF)[C@H](O)[C@H](O)[C@H]2O)c1. The van der Waals surface area contributed by atoms with Crippen molar-refractivity contribution in [2.24, 2.45) is 0 Å². The number of hydrogen-bond donors (Lipinski definition) is 4. The molecule has 0 radical (unpaired) electrons. The van der Waals surface area contributed by atoms with Crippen LogP contribution in [0.1, 0.15) is 10.4 Å². The lowest BCUT2D eigenvalue weighted by Crippen LogP contribution is -2.60. The summed E-state index contributed by atoms with van der Waals surface area (Å²) in [5, 5.41) is 39.2. The summed E-state index contributed by atoms with van der Waals surface area (Å²) in [6.45, 7) is -0.660. The minimum absolute atomic E-state index is 0.0833. The van der Waals surface area contributed by atoms with Crippen LogP contribution in [0.3, 0.4) is 0 Å². The molecular weight excluding hydrogens is 375 g/mol. The van der Waals surface area contributed by atoms with Gasteiger partial charge >= 0.3 is 5.97 Å². The molecule has 0 saturated carbocycles. The number of rotatable bonds is 6. The first-order valence-corrected chi connectivity index (χ1v) is 8.45. The molecule has 2 aromatic rings. The van der Waals surface area contributed by atoms with E-state index in [1.165, 1.54) is 12.1 Å². The molecule has 0 unspecified atom stereocenters. The van der Waals surface area contributed by atoms with Gasteiger partial charge in [-0.1, -0.05) is 30.3 Å². The number of para-hydroxylation sites is 1. The molecule has 28 heavy (non-hydrogen) atoms. The highest BCUT2D eigenvalue weighted by molar-refractivity contribution is 5.89. The standard InChI is InChI=1S/C19H19FO8/c20-26-9-14-15(21)16(22)17(23)19(28-14)27-13-7-2-1-6-12(13)10-4-3-5-11(8-10)18(24)25/h1-8,14-17,19,21-23H,9H2,(H,24,25)/t14-,15+,16+,17-,19+/m1/s1. The lowest BCUT2D eigenvalue weighted by atomic mass is 9.99. The zero-order valence-electron chi connectivity index (χ0n) is 14.5. The van der Waals surface area contributed by atoms with Crippen molar-refractivity contribution in [3.05, 3.63) is 54.1 Å². The summed E-state index contributed by atoms with van der Waals surface area (Å²) in [6.07, 6.45) is -7.47. The Bertz CT molecular complexity index is 829. The first-order valence-electron chi connectivity index (χ1n) is 8.45. The van der Waals surface area contributed by atoms with Crippen LogP contribution in [-0.4, -0.2) is 63.7 Å². The van der Waals surface area contributed by atoms with Gasteiger partial charge in [0.2, 0.25) is 6.29 Å². The smallest absolute Gasteiger partial charge is 0.335 e. The lowest BCUT2D eigenvalue weighted by Gasteiger charge is -2.39. The molecule has 3 rings (SSSR count). The van der Waals surface area contributed by atoms with Crippen molar-refractivity contribution < 1.29 is 44.2 Å². The quantitative estimate of drug-likeness (QED) is 0.575. The molecule has 0 amide bonds. The summed E-state index contributed by atoms with van der Waals surface area (Å²) in [7, 11) is 0. The number of aliphatic hydroxyl groups is 3. The number of benzene rings is 2. The highest BCUT2D eigenvalue weighted by atomic mass is 19.3. The van der Waals surface area contributed by atoms with Crippen molar-refractivity contribution >= 4 is 5.97 Å². The van der Waals surface area contributed by atoms with E-state index in [9.17, 15) is 29.7 Å². The zero-order chi connectivity index (χ0) is 20.3. The van der Waals surface area contributed by atoms with Crippen molar-refractivity contribution in [2.45, 2.75) is 30.7 Å². The van der Waals surface area contributed by atoms with Gasteiger partial charge in [0.1, 0.15) is 36.8 Å². The second-order valence-electron chi connectivity index (χ2n) is 6.29. The predicted molar refractivity (Wildman–Crippen MR) is 93.2 cm³/mol. The van der Waals surface area contributed by atoms with Gasteiger partial charge in [-0.3, -0.25) is 0 Å². The Balaban J connectivity index is 1.89. The maximum atomic E-state index is 12.2. The lowest BCUT2D eigenvalue weighted by molar-refractivity contribution is -0.294. The van der Waals surface area contributed by atoms with Crippen LogP contribution in [0.2, 0.25) is 0 Å². The van der Waals surface area contributed by atoms with Gasteiger partial charge in [0.05, 0.1) is 5.56 Å². The first kappa shape index (κ1) is 20.2. The number of halogens is 1. The van der Waals surface area contributed by atoms with Gasteiger partial charge in [-0.15, -0.1) is 0 Å². The average molecular weight is 394 g/mol. The molecule has 0 aliphatic carbocycles. The molecule has 0 aromatic heterocycles. The van der Waals surface area contributed by atoms with Gasteiger partial charge in [0.15, 0.2) is 0 Å². The molecule has 1 saturated heterocycles. The second kappa shape index (κ2) is 8.63. The molecule has 2 aromatic carbocycles. The number of aliphatic hydroxyl groups excluding tert-OH is 3. The zero-order valence-corrected chi connectivity index (χ0v) is 14.5.